The first-order valence-electron chi connectivity index (χ1n) is 7.25. The zero-order chi connectivity index (χ0) is 16.1. The lowest BCUT2D eigenvalue weighted by Crippen LogP contribution is -2.38. The van der Waals surface area contributed by atoms with Crippen molar-refractivity contribution >= 4 is 23.7 Å². The molecule has 1 saturated heterocycles. The Morgan fingerprint density at radius 3 is 2.36 bits per heavy atom. The first-order valence-corrected chi connectivity index (χ1v) is 7.25. The van der Waals surface area contributed by atoms with Crippen molar-refractivity contribution in [3.05, 3.63) is 0 Å². The van der Waals surface area contributed by atoms with Crippen LogP contribution in [0.2, 0.25) is 0 Å². The second-order valence-electron chi connectivity index (χ2n) is 5.40. The van der Waals surface area contributed by atoms with Crippen LogP contribution in [0.3, 0.4) is 0 Å². The number of nitrogens with one attached hydrogen (secondary N) is 1. The van der Waals surface area contributed by atoms with E-state index in [0.29, 0.717) is 12.8 Å². The number of amides is 3. The molecule has 0 spiro atoms. The smallest absolute Gasteiger partial charge is 0.326 e. The van der Waals surface area contributed by atoms with E-state index < -0.39 is 25.0 Å². The Hall–Kier alpha value is -2.36. The van der Waals surface area contributed by atoms with Gasteiger partial charge in [0.25, 0.3) is 5.91 Å². The molecule has 22 heavy (non-hydrogen) atoms. The number of rotatable bonds is 5. The van der Waals surface area contributed by atoms with Gasteiger partial charge >= 0.3 is 5.97 Å². The third kappa shape index (κ3) is 3.45. The lowest BCUT2D eigenvalue weighted by molar-refractivity contribution is -0.154. The van der Waals surface area contributed by atoms with Crippen molar-refractivity contribution in [1.29, 1.82) is 0 Å². The third-order valence-corrected chi connectivity index (χ3v) is 3.97. The van der Waals surface area contributed by atoms with Crippen molar-refractivity contribution in [2.45, 2.75) is 25.7 Å². The van der Waals surface area contributed by atoms with Gasteiger partial charge in [-0.3, -0.25) is 24.1 Å². The highest BCUT2D eigenvalue weighted by atomic mass is 16.5. The summed E-state index contributed by atoms with van der Waals surface area (Å²) in [6.07, 6.45) is 8.20. The van der Waals surface area contributed by atoms with Crippen LogP contribution in [0.25, 0.3) is 0 Å². The Labute approximate surface area is 128 Å². The lowest BCUT2D eigenvalue weighted by atomic mass is 9.81. The molecule has 1 N–H and O–H groups in total. The van der Waals surface area contributed by atoms with E-state index in [1.165, 1.54) is 0 Å². The number of fused-ring (bicyclic) bond motifs is 1. The van der Waals surface area contributed by atoms with Crippen LogP contribution in [0.4, 0.5) is 0 Å². The molecule has 1 aliphatic carbocycles. The summed E-state index contributed by atoms with van der Waals surface area (Å²) in [6.45, 7) is -0.875. The zero-order valence-electron chi connectivity index (χ0n) is 12.2. The first-order chi connectivity index (χ1) is 10.5. The summed E-state index contributed by atoms with van der Waals surface area (Å²) >= 11 is 0. The summed E-state index contributed by atoms with van der Waals surface area (Å²) in [4.78, 5) is 48.2. The number of imide groups is 1. The Balaban J connectivity index is 1.84. The SMILES string of the molecule is C#CCNC(=O)COC(=O)CN1C(=O)[C@@H]2CCCC[C@H]2C1=O. The molecule has 0 unspecified atom stereocenters. The second-order valence-corrected chi connectivity index (χ2v) is 5.40. The van der Waals surface area contributed by atoms with Crippen LogP contribution in [0.15, 0.2) is 0 Å². The molecule has 0 aromatic carbocycles. The standard InChI is InChI=1S/C15H18N2O5/c1-2-7-16-12(18)9-22-13(19)8-17-14(20)10-5-3-4-6-11(10)15(17)21/h1,10-11H,3-9H2,(H,16,18)/t10-,11-/m1/s1. The maximum absolute atomic E-state index is 12.2. The number of hydrogen-bond acceptors (Lipinski definition) is 5. The van der Waals surface area contributed by atoms with Gasteiger partial charge in [0.15, 0.2) is 6.61 Å². The molecule has 2 atom stereocenters. The van der Waals surface area contributed by atoms with E-state index in [9.17, 15) is 19.2 Å². The zero-order valence-corrected chi connectivity index (χ0v) is 12.2. The number of ether oxygens (including phenoxy) is 1. The van der Waals surface area contributed by atoms with Crippen molar-refractivity contribution in [3.8, 4) is 12.3 Å². The molecule has 2 aliphatic rings. The molecule has 0 aromatic heterocycles. The highest BCUT2D eigenvalue weighted by molar-refractivity contribution is 6.07. The van der Waals surface area contributed by atoms with E-state index in [-0.39, 0.29) is 30.2 Å². The van der Waals surface area contributed by atoms with Gasteiger partial charge in [-0.2, -0.15) is 0 Å². The van der Waals surface area contributed by atoms with Gasteiger partial charge in [-0.25, -0.2) is 0 Å². The van der Waals surface area contributed by atoms with Crippen LogP contribution in [0.5, 0.6) is 0 Å². The minimum Gasteiger partial charge on any atom is -0.454 e. The fraction of sp³-hybridized carbons (Fsp3) is 0.600. The molecule has 7 nitrogen and oxygen atoms in total. The number of likely N-dealkylation sites (tertiary alicyclic amines) is 1. The molecule has 118 valence electrons. The van der Waals surface area contributed by atoms with Gasteiger partial charge < -0.3 is 10.1 Å². The summed E-state index contributed by atoms with van der Waals surface area (Å²) in [7, 11) is 0. The monoisotopic (exact) mass is 306 g/mol. The Morgan fingerprint density at radius 1 is 1.23 bits per heavy atom. The molecular formula is C15H18N2O5. The molecular weight excluding hydrogens is 288 g/mol. The predicted molar refractivity (Wildman–Crippen MR) is 75.0 cm³/mol. The molecule has 2 fully saturated rings. The van der Waals surface area contributed by atoms with E-state index in [0.717, 1.165) is 17.7 Å². The highest BCUT2D eigenvalue weighted by Crippen LogP contribution is 2.37. The van der Waals surface area contributed by atoms with Gasteiger partial charge in [0, 0.05) is 0 Å². The topological polar surface area (TPSA) is 92.8 Å². The molecule has 7 heteroatoms. The molecule has 0 radical (unpaired) electrons. The minimum absolute atomic E-state index is 0.0445. The average Bonchev–Trinajstić information content (AvgIpc) is 2.76. The van der Waals surface area contributed by atoms with Crippen molar-refractivity contribution in [2.75, 3.05) is 19.7 Å². The highest BCUT2D eigenvalue weighted by Gasteiger charge is 2.48. The van der Waals surface area contributed by atoms with Gasteiger partial charge in [0.1, 0.15) is 6.54 Å². The number of nitrogens with zero attached hydrogens (tertiary/aromatic N) is 1. The van der Waals surface area contributed by atoms with Crippen molar-refractivity contribution < 1.29 is 23.9 Å². The number of terminal acetylenes is 1. The van der Waals surface area contributed by atoms with E-state index in [1.54, 1.807) is 0 Å². The Morgan fingerprint density at radius 2 is 1.82 bits per heavy atom. The minimum atomic E-state index is -0.781. The maximum Gasteiger partial charge on any atom is 0.326 e. The quantitative estimate of drug-likeness (QED) is 0.418. The fourth-order valence-electron chi connectivity index (χ4n) is 2.91. The van der Waals surface area contributed by atoms with Gasteiger partial charge in [0.2, 0.25) is 11.8 Å². The van der Waals surface area contributed by atoms with Crippen molar-refractivity contribution in [1.82, 2.24) is 10.2 Å². The van der Waals surface area contributed by atoms with Gasteiger partial charge in [-0.05, 0) is 12.8 Å². The van der Waals surface area contributed by atoms with Crippen molar-refractivity contribution in [3.63, 3.8) is 0 Å². The largest absolute Gasteiger partial charge is 0.454 e. The summed E-state index contributed by atoms with van der Waals surface area (Å²) < 4.78 is 4.75. The second kappa shape index (κ2) is 7.07. The van der Waals surface area contributed by atoms with E-state index in [4.69, 9.17) is 11.2 Å². The van der Waals surface area contributed by atoms with Crippen LogP contribution >= 0.6 is 0 Å². The fourth-order valence-corrected chi connectivity index (χ4v) is 2.91. The number of esters is 1. The molecule has 3 amide bonds. The molecule has 1 aliphatic heterocycles. The normalized spacial score (nSPS) is 23.7. The summed E-state index contributed by atoms with van der Waals surface area (Å²) in [5.41, 5.74) is 0. The van der Waals surface area contributed by atoms with Crippen molar-refractivity contribution in [2.24, 2.45) is 11.8 Å². The Kier molecular flexibility index (Phi) is 5.15. The summed E-state index contributed by atoms with van der Waals surface area (Å²) in [5, 5.41) is 2.34. The lowest BCUT2D eigenvalue weighted by Gasteiger charge is -2.19. The number of carbonyl (C=O) groups excluding carboxylic acids is 4. The maximum atomic E-state index is 12.2. The van der Waals surface area contributed by atoms with Crippen LogP contribution < -0.4 is 5.32 Å². The Bertz CT molecular complexity index is 513. The number of hydrogen-bond donors (Lipinski definition) is 1. The first kappa shape index (κ1) is 16.0. The molecule has 0 bridgehead atoms. The third-order valence-electron chi connectivity index (χ3n) is 3.97. The van der Waals surface area contributed by atoms with E-state index in [1.807, 2.05) is 0 Å². The molecule has 0 aromatic rings. The summed E-state index contributed by atoms with van der Waals surface area (Å²) in [5.74, 6) is -0.296. The predicted octanol–water partition coefficient (Wildman–Crippen LogP) is -0.546. The number of carbonyl (C=O) groups is 4. The van der Waals surface area contributed by atoms with Crippen LogP contribution in [0.1, 0.15) is 25.7 Å². The van der Waals surface area contributed by atoms with E-state index >= 15 is 0 Å². The van der Waals surface area contributed by atoms with Gasteiger partial charge in [0.05, 0.1) is 18.4 Å². The van der Waals surface area contributed by atoms with Crippen LogP contribution in [0, 0.1) is 24.2 Å². The molecule has 1 saturated carbocycles. The van der Waals surface area contributed by atoms with Crippen LogP contribution in [-0.4, -0.2) is 48.3 Å². The average molecular weight is 306 g/mol. The van der Waals surface area contributed by atoms with Gasteiger partial charge in [-0.15, -0.1) is 6.42 Å². The molecule has 2 rings (SSSR count). The van der Waals surface area contributed by atoms with Gasteiger partial charge in [-0.1, -0.05) is 18.8 Å². The summed E-state index contributed by atoms with van der Waals surface area (Å²) in [6, 6.07) is 0. The molecule has 1 heterocycles. The van der Waals surface area contributed by atoms with E-state index in [2.05, 4.69) is 11.2 Å². The van der Waals surface area contributed by atoms with Crippen LogP contribution in [-0.2, 0) is 23.9 Å².